The van der Waals surface area contributed by atoms with Crippen molar-refractivity contribution in [2.45, 2.75) is 32.1 Å². The van der Waals surface area contributed by atoms with Crippen molar-refractivity contribution < 1.29 is 4.74 Å². The molecule has 6 rings (SSSR count). The molecule has 3 aliphatic rings. The molecule has 0 amide bonds. The Morgan fingerprint density at radius 3 is 2.83 bits per heavy atom. The summed E-state index contributed by atoms with van der Waals surface area (Å²) in [5, 5.41) is 14.0. The number of rotatable bonds is 4. The van der Waals surface area contributed by atoms with Gasteiger partial charge in [-0.05, 0) is 61.3 Å². The number of pyridine rings is 2. The Balaban J connectivity index is 1.11. The van der Waals surface area contributed by atoms with Crippen molar-refractivity contribution in [3.8, 4) is 6.07 Å². The number of nitriles is 1. The molecular formula is C28H33N7O. The van der Waals surface area contributed by atoms with Crippen molar-refractivity contribution in [3.05, 3.63) is 59.4 Å². The Hall–Kier alpha value is -3.25. The second-order valence-electron chi connectivity index (χ2n) is 10.1. The molecule has 3 aliphatic heterocycles. The molecule has 2 atom stereocenters. The van der Waals surface area contributed by atoms with E-state index in [0.717, 1.165) is 87.7 Å². The standard InChI is InChI=1S/C28H33N7O/c1-20-17-35(26-5-4-21(14-29)28-25(26)3-2-7-31-28)19-24(36-20)18-33-9-11-34(12-10-33)27-13-23-15-30-8-6-22(23)16-32-27/h2-5,7,13,16,20,24,30H,6,8-12,15,17-19H2,1H3. The third-order valence-electron chi connectivity index (χ3n) is 7.65. The van der Waals surface area contributed by atoms with Gasteiger partial charge in [0.1, 0.15) is 11.9 Å². The smallest absolute Gasteiger partial charge is 0.128 e. The van der Waals surface area contributed by atoms with Gasteiger partial charge < -0.3 is 19.9 Å². The van der Waals surface area contributed by atoms with E-state index in [4.69, 9.17) is 9.72 Å². The fourth-order valence-corrected chi connectivity index (χ4v) is 5.84. The number of anilines is 2. The number of hydrogen-bond donors (Lipinski definition) is 1. The molecule has 2 unspecified atom stereocenters. The molecule has 0 radical (unpaired) electrons. The van der Waals surface area contributed by atoms with Crippen molar-refractivity contribution in [1.29, 1.82) is 5.26 Å². The summed E-state index contributed by atoms with van der Waals surface area (Å²) < 4.78 is 6.39. The number of aromatic nitrogens is 2. The molecule has 8 nitrogen and oxygen atoms in total. The molecule has 2 saturated heterocycles. The van der Waals surface area contributed by atoms with Gasteiger partial charge in [0.2, 0.25) is 0 Å². The predicted molar refractivity (Wildman–Crippen MR) is 141 cm³/mol. The molecule has 186 valence electrons. The SMILES string of the molecule is CC1CN(c2ccc(C#N)c3ncccc23)CC(CN2CCN(c3cc4c(cn3)CCNC4)CC2)O1. The zero-order chi connectivity index (χ0) is 24.5. The lowest BCUT2D eigenvalue weighted by Gasteiger charge is -2.42. The first kappa shape index (κ1) is 23.2. The van der Waals surface area contributed by atoms with Crippen molar-refractivity contribution in [1.82, 2.24) is 20.2 Å². The van der Waals surface area contributed by atoms with E-state index in [-0.39, 0.29) is 12.2 Å². The zero-order valence-electron chi connectivity index (χ0n) is 20.9. The molecule has 0 aliphatic carbocycles. The predicted octanol–water partition coefficient (Wildman–Crippen LogP) is 2.56. The summed E-state index contributed by atoms with van der Waals surface area (Å²) in [6.07, 6.45) is 5.18. The molecule has 8 heteroatoms. The van der Waals surface area contributed by atoms with Gasteiger partial charge in [0, 0.05) is 75.8 Å². The summed E-state index contributed by atoms with van der Waals surface area (Å²) in [6, 6.07) is 12.5. The maximum atomic E-state index is 9.51. The normalized spacial score (nSPS) is 22.9. The largest absolute Gasteiger partial charge is 0.370 e. The van der Waals surface area contributed by atoms with Gasteiger partial charge in [-0.25, -0.2) is 4.98 Å². The third kappa shape index (κ3) is 4.62. The summed E-state index contributed by atoms with van der Waals surface area (Å²) in [5.74, 6) is 1.10. The topological polar surface area (TPSA) is 80.6 Å². The van der Waals surface area contributed by atoms with Crippen molar-refractivity contribution >= 4 is 22.4 Å². The first-order valence-electron chi connectivity index (χ1n) is 13.0. The van der Waals surface area contributed by atoms with E-state index in [2.05, 4.69) is 62.4 Å². The molecule has 0 spiro atoms. The average Bonchev–Trinajstić information content (AvgIpc) is 2.92. The van der Waals surface area contributed by atoms with Gasteiger partial charge >= 0.3 is 0 Å². The zero-order valence-corrected chi connectivity index (χ0v) is 20.9. The number of hydrogen-bond acceptors (Lipinski definition) is 8. The number of piperazine rings is 1. The van der Waals surface area contributed by atoms with Crippen molar-refractivity contribution in [2.24, 2.45) is 0 Å². The maximum Gasteiger partial charge on any atom is 0.128 e. The Morgan fingerprint density at radius 1 is 1.08 bits per heavy atom. The van der Waals surface area contributed by atoms with Crippen LogP contribution in [0.25, 0.3) is 10.9 Å². The number of morpholine rings is 1. The summed E-state index contributed by atoms with van der Waals surface area (Å²) in [5.41, 5.74) is 5.31. The highest BCUT2D eigenvalue weighted by Crippen LogP contribution is 2.30. The molecule has 3 aromatic rings. The molecule has 5 heterocycles. The molecule has 36 heavy (non-hydrogen) atoms. The van der Waals surface area contributed by atoms with Crippen LogP contribution in [0.1, 0.15) is 23.6 Å². The van der Waals surface area contributed by atoms with Crippen LogP contribution in [0.3, 0.4) is 0 Å². The second-order valence-corrected chi connectivity index (χ2v) is 10.1. The number of ether oxygens (including phenoxy) is 1. The highest BCUT2D eigenvalue weighted by molar-refractivity contribution is 5.95. The van der Waals surface area contributed by atoms with Gasteiger partial charge in [-0.15, -0.1) is 0 Å². The average molecular weight is 484 g/mol. The molecule has 2 fully saturated rings. The summed E-state index contributed by atoms with van der Waals surface area (Å²) in [6.45, 7) is 10.7. The molecule has 0 bridgehead atoms. The summed E-state index contributed by atoms with van der Waals surface area (Å²) in [4.78, 5) is 16.6. The number of fused-ring (bicyclic) bond motifs is 2. The number of nitrogens with one attached hydrogen (secondary N) is 1. The van der Waals surface area contributed by atoms with E-state index < -0.39 is 0 Å². The first-order valence-corrected chi connectivity index (χ1v) is 13.0. The van der Waals surface area contributed by atoms with E-state index in [9.17, 15) is 5.26 Å². The van der Waals surface area contributed by atoms with Crippen LogP contribution >= 0.6 is 0 Å². The van der Waals surface area contributed by atoms with Gasteiger partial charge in [0.05, 0.1) is 23.3 Å². The Labute approximate surface area is 212 Å². The molecular weight excluding hydrogens is 450 g/mol. The van der Waals surface area contributed by atoms with Gasteiger partial charge in [0.25, 0.3) is 0 Å². The minimum Gasteiger partial charge on any atom is -0.370 e. The van der Waals surface area contributed by atoms with E-state index >= 15 is 0 Å². The van der Waals surface area contributed by atoms with Crippen LogP contribution in [-0.2, 0) is 17.7 Å². The minimum atomic E-state index is 0.135. The van der Waals surface area contributed by atoms with Crippen LogP contribution in [0.15, 0.2) is 42.7 Å². The van der Waals surface area contributed by atoms with Crippen molar-refractivity contribution in [3.63, 3.8) is 0 Å². The van der Waals surface area contributed by atoms with E-state index in [1.54, 1.807) is 6.20 Å². The molecule has 1 N–H and O–H groups in total. The van der Waals surface area contributed by atoms with Crippen LogP contribution in [0.2, 0.25) is 0 Å². The fraction of sp³-hybridized carbons (Fsp3) is 0.464. The molecule has 2 aromatic heterocycles. The quantitative estimate of drug-likeness (QED) is 0.607. The number of benzene rings is 1. The van der Waals surface area contributed by atoms with Crippen LogP contribution in [0.4, 0.5) is 11.5 Å². The maximum absolute atomic E-state index is 9.51. The van der Waals surface area contributed by atoms with Crippen LogP contribution in [0, 0.1) is 11.3 Å². The number of nitrogens with zero attached hydrogens (tertiary/aromatic N) is 6. The minimum absolute atomic E-state index is 0.135. The van der Waals surface area contributed by atoms with Gasteiger partial charge in [-0.3, -0.25) is 9.88 Å². The lowest BCUT2D eigenvalue weighted by atomic mass is 10.0. The van der Waals surface area contributed by atoms with Crippen LogP contribution in [0.5, 0.6) is 0 Å². The van der Waals surface area contributed by atoms with Gasteiger partial charge in [-0.2, -0.15) is 5.26 Å². The van der Waals surface area contributed by atoms with Crippen molar-refractivity contribution in [2.75, 3.05) is 62.2 Å². The van der Waals surface area contributed by atoms with Crippen LogP contribution < -0.4 is 15.1 Å². The Bertz CT molecular complexity index is 1280. The van der Waals surface area contributed by atoms with Crippen LogP contribution in [-0.4, -0.2) is 79.4 Å². The summed E-state index contributed by atoms with van der Waals surface area (Å²) >= 11 is 0. The Kier molecular flexibility index (Phi) is 6.45. The fourth-order valence-electron chi connectivity index (χ4n) is 5.84. The third-order valence-corrected chi connectivity index (χ3v) is 7.65. The lowest BCUT2D eigenvalue weighted by molar-refractivity contribution is -0.0327. The monoisotopic (exact) mass is 483 g/mol. The lowest BCUT2D eigenvalue weighted by Crippen LogP contribution is -2.54. The Morgan fingerprint density at radius 2 is 1.97 bits per heavy atom. The van der Waals surface area contributed by atoms with E-state index in [1.165, 1.54) is 11.1 Å². The van der Waals surface area contributed by atoms with Gasteiger partial charge in [0.15, 0.2) is 0 Å². The molecule has 0 saturated carbocycles. The molecule has 1 aromatic carbocycles. The van der Waals surface area contributed by atoms with E-state index in [0.29, 0.717) is 5.56 Å². The highest BCUT2D eigenvalue weighted by Gasteiger charge is 2.29. The van der Waals surface area contributed by atoms with E-state index in [1.807, 2.05) is 12.1 Å². The summed E-state index contributed by atoms with van der Waals surface area (Å²) in [7, 11) is 0. The van der Waals surface area contributed by atoms with Gasteiger partial charge in [-0.1, -0.05) is 0 Å². The first-order chi connectivity index (χ1) is 17.7. The second kappa shape index (κ2) is 10.0. The highest BCUT2D eigenvalue weighted by atomic mass is 16.5.